The summed E-state index contributed by atoms with van der Waals surface area (Å²) in [6, 6.07) is 30.0. The number of hydrogen-bond acceptors (Lipinski definition) is 1. The Morgan fingerprint density at radius 1 is 0.750 bits per heavy atom. The van der Waals surface area contributed by atoms with E-state index in [1.54, 1.807) is 0 Å². The molecule has 4 aromatic rings. The van der Waals surface area contributed by atoms with Gasteiger partial charge in [-0.1, -0.05) is 99.6 Å². The maximum absolute atomic E-state index is 7.07. The van der Waals surface area contributed by atoms with E-state index in [4.69, 9.17) is 4.43 Å². The molecule has 0 radical (unpaired) electrons. The van der Waals surface area contributed by atoms with Crippen LogP contribution in [-0.2, 0) is 4.43 Å². The first kappa shape index (κ1) is 18.7. The molecular formula is C25H27NOSi. The van der Waals surface area contributed by atoms with Gasteiger partial charge in [-0.3, -0.25) is 0 Å². The van der Waals surface area contributed by atoms with Gasteiger partial charge in [-0.05, 0) is 27.2 Å². The minimum absolute atomic E-state index is 0.00747. The maximum Gasteiger partial charge on any atom is 0.240 e. The van der Waals surface area contributed by atoms with E-state index >= 15 is 0 Å². The second-order valence-corrected chi connectivity index (χ2v) is 10.7. The predicted molar refractivity (Wildman–Crippen MR) is 121 cm³/mol. The summed E-state index contributed by atoms with van der Waals surface area (Å²) < 4.78 is 7.07. The van der Waals surface area contributed by atoms with Crippen molar-refractivity contribution >= 4 is 30.3 Å². The third-order valence-electron chi connectivity index (χ3n) is 5.17. The lowest BCUT2D eigenvalue weighted by molar-refractivity contribution is 0.0908. The molecule has 0 aliphatic carbocycles. The third kappa shape index (κ3) is 3.82. The van der Waals surface area contributed by atoms with E-state index in [1.165, 1.54) is 26.8 Å². The van der Waals surface area contributed by atoms with Crippen molar-refractivity contribution in [1.82, 2.24) is 4.98 Å². The highest BCUT2D eigenvalue weighted by atomic mass is 28.3. The molecule has 1 atom stereocenters. The number of aromatic nitrogens is 1. The summed E-state index contributed by atoms with van der Waals surface area (Å²) in [6.07, 6.45) is 2.00. The topological polar surface area (TPSA) is 25.0 Å². The molecule has 0 amide bonds. The first-order chi connectivity index (χ1) is 13.5. The Morgan fingerprint density at radius 3 is 1.93 bits per heavy atom. The molecule has 4 rings (SSSR count). The lowest BCUT2D eigenvalue weighted by Gasteiger charge is -2.35. The van der Waals surface area contributed by atoms with Crippen molar-refractivity contribution in [3.8, 4) is 0 Å². The van der Waals surface area contributed by atoms with Gasteiger partial charge in [-0.15, -0.1) is 0 Å². The number of para-hydroxylation sites is 1. The van der Waals surface area contributed by atoms with Gasteiger partial charge in [0.15, 0.2) is 0 Å². The van der Waals surface area contributed by atoms with E-state index in [-0.39, 0.29) is 11.5 Å². The van der Waals surface area contributed by atoms with Crippen LogP contribution >= 0.6 is 0 Å². The van der Waals surface area contributed by atoms with E-state index in [1.807, 2.05) is 6.20 Å². The Labute approximate surface area is 168 Å². The second kappa shape index (κ2) is 7.78. The lowest BCUT2D eigenvalue weighted by Crippen LogP contribution is -2.47. The van der Waals surface area contributed by atoms with Crippen molar-refractivity contribution in [1.29, 1.82) is 0 Å². The molecule has 0 saturated heterocycles. The van der Waals surface area contributed by atoms with Crippen LogP contribution in [0.3, 0.4) is 0 Å². The quantitative estimate of drug-likeness (QED) is 0.490. The van der Waals surface area contributed by atoms with Crippen molar-refractivity contribution in [2.45, 2.75) is 26.9 Å². The van der Waals surface area contributed by atoms with Gasteiger partial charge in [-0.25, -0.2) is 0 Å². The zero-order valence-corrected chi connectivity index (χ0v) is 17.9. The SMILES string of the molecule is CC(C)(C)C(O[SiH](c1ccccc1)c1ccccc1)c1cccc2cc[nH]c12. The van der Waals surface area contributed by atoms with Crippen LogP contribution in [0, 0.1) is 5.41 Å². The van der Waals surface area contributed by atoms with Crippen LogP contribution in [0.4, 0.5) is 0 Å². The fourth-order valence-electron chi connectivity index (χ4n) is 3.81. The van der Waals surface area contributed by atoms with Crippen molar-refractivity contribution in [3.05, 3.63) is 96.7 Å². The first-order valence-corrected chi connectivity index (χ1v) is 11.5. The molecule has 28 heavy (non-hydrogen) atoms. The van der Waals surface area contributed by atoms with Crippen LogP contribution in [0.25, 0.3) is 10.9 Å². The minimum atomic E-state index is -1.85. The van der Waals surface area contributed by atoms with Crippen molar-refractivity contribution in [2.75, 3.05) is 0 Å². The molecular weight excluding hydrogens is 358 g/mol. The Balaban J connectivity index is 1.81. The molecule has 0 aliphatic rings. The van der Waals surface area contributed by atoms with Crippen molar-refractivity contribution in [2.24, 2.45) is 5.41 Å². The second-order valence-electron chi connectivity index (χ2n) is 8.37. The Bertz CT molecular complexity index is 995. The first-order valence-electron chi connectivity index (χ1n) is 9.85. The molecule has 3 aromatic carbocycles. The predicted octanol–water partition coefficient (Wildman–Crippen LogP) is 4.81. The average molecular weight is 386 g/mol. The molecule has 0 spiro atoms. The highest BCUT2D eigenvalue weighted by Gasteiger charge is 2.33. The normalized spacial score (nSPS) is 13.1. The third-order valence-corrected chi connectivity index (χ3v) is 7.69. The minimum Gasteiger partial charge on any atom is -0.403 e. The molecule has 2 nitrogen and oxygen atoms in total. The van der Waals surface area contributed by atoms with Crippen LogP contribution in [0.5, 0.6) is 0 Å². The Hall–Kier alpha value is -2.62. The number of rotatable bonds is 5. The summed E-state index contributed by atoms with van der Waals surface area (Å²) in [4.78, 5) is 3.43. The lowest BCUT2D eigenvalue weighted by atomic mass is 9.84. The highest BCUT2D eigenvalue weighted by Crippen LogP contribution is 2.39. The zero-order chi connectivity index (χ0) is 19.6. The summed E-state index contributed by atoms with van der Waals surface area (Å²) >= 11 is 0. The van der Waals surface area contributed by atoms with E-state index in [2.05, 4.69) is 111 Å². The summed E-state index contributed by atoms with van der Waals surface area (Å²) in [5.74, 6) is 0. The fraction of sp³-hybridized carbons (Fsp3) is 0.200. The maximum atomic E-state index is 7.07. The van der Waals surface area contributed by atoms with E-state index in [0.717, 1.165) is 0 Å². The van der Waals surface area contributed by atoms with Gasteiger partial charge in [-0.2, -0.15) is 0 Å². The number of hydrogen-bond donors (Lipinski definition) is 1. The number of fused-ring (bicyclic) bond motifs is 1. The van der Waals surface area contributed by atoms with Crippen LogP contribution in [0.15, 0.2) is 91.1 Å². The van der Waals surface area contributed by atoms with E-state index < -0.39 is 9.04 Å². The van der Waals surface area contributed by atoms with Crippen molar-refractivity contribution in [3.63, 3.8) is 0 Å². The molecule has 1 unspecified atom stereocenters. The largest absolute Gasteiger partial charge is 0.403 e. The van der Waals surface area contributed by atoms with E-state index in [9.17, 15) is 0 Å². The Kier molecular flexibility index (Phi) is 5.20. The Morgan fingerprint density at radius 2 is 1.36 bits per heavy atom. The van der Waals surface area contributed by atoms with Gasteiger partial charge < -0.3 is 9.41 Å². The number of nitrogens with one attached hydrogen (secondary N) is 1. The van der Waals surface area contributed by atoms with Gasteiger partial charge in [0.1, 0.15) is 0 Å². The van der Waals surface area contributed by atoms with Crippen molar-refractivity contribution < 1.29 is 4.43 Å². The monoisotopic (exact) mass is 385 g/mol. The molecule has 0 aliphatic heterocycles. The molecule has 3 heteroatoms. The molecule has 1 N–H and O–H groups in total. The summed E-state index contributed by atoms with van der Waals surface area (Å²) in [5.41, 5.74) is 2.38. The van der Waals surface area contributed by atoms with Crippen LogP contribution in [-0.4, -0.2) is 14.0 Å². The van der Waals surface area contributed by atoms with Gasteiger partial charge >= 0.3 is 0 Å². The summed E-state index contributed by atoms with van der Waals surface area (Å²) in [7, 11) is -1.85. The fourth-order valence-corrected chi connectivity index (χ4v) is 6.48. The smallest absolute Gasteiger partial charge is 0.240 e. The zero-order valence-electron chi connectivity index (χ0n) is 16.7. The molecule has 0 bridgehead atoms. The van der Waals surface area contributed by atoms with Crippen LogP contribution < -0.4 is 10.4 Å². The summed E-state index contributed by atoms with van der Waals surface area (Å²) in [5, 5.41) is 3.84. The standard InChI is InChI=1S/C25H27NOSi/c1-25(2,3)24(22-16-10-11-19-17-18-26-23(19)22)27-28(20-12-6-4-7-13-20)21-14-8-5-9-15-21/h4-18,24,26,28H,1-3H3. The highest BCUT2D eigenvalue weighted by molar-refractivity contribution is 6.80. The average Bonchev–Trinajstić information content (AvgIpc) is 3.18. The molecule has 142 valence electrons. The molecule has 0 fully saturated rings. The van der Waals surface area contributed by atoms with Gasteiger partial charge in [0.05, 0.1) is 11.6 Å². The van der Waals surface area contributed by atoms with E-state index in [0.29, 0.717) is 0 Å². The molecule has 0 saturated carbocycles. The molecule has 1 aromatic heterocycles. The van der Waals surface area contributed by atoms with Gasteiger partial charge in [0.25, 0.3) is 0 Å². The number of benzene rings is 3. The molecule has 1 heterocycles. The number of aromatic amines is 1. The van der Waals surface area contributed by atoms with Crippen LogP contribution in [0.2, 0.25) is 0 Å². The number of H-pyrrole nitrogens is 1. The van der Waals surface area contributed by atoms with Gasteiger partial charge in [0, 0.05) is 11.8 Å². The summed E-state index contributed by atoms with van der Waals surface area (Å²) in [6.45, 7) is 6.79. The van der Waals surface area contributed by atoms with Crippen LogP contribution in [0.1, 0.15) is 32.4 Å². The van der Waals surface area contributed by atoms with Gasteiger partial charge in [0.2, 0.25) is 9.04 Å².